The van der Waals surface area contributed by atoms with Crippen LogP contribution in [0.4, 0.5) is 11.6 Å². The monoisotopic (exact) mass is 1190 g/mol. The molecular formula is C41H59Cl2N10O19P3S. The molecule has 8 fully saturated rings. The van der Waals surface area contributed by atoms with Crippen molar-refractivity contribution in [3.8, 4) is 0 Å². The summed E-state index contributed by atoms with van der Waals surface area (Å²) in [5.41, 5.74) is 0.0992. The van der Waals surface area contributed by atoms with E-state index in [0.29, 0.717) is 41.4 Å². The van der Waals surface area contributed by atoms with Crippen LogP contribution in [0.25, 0.3) is 22.3 Å². The summed E-state index contributed by atoms with van der Waals surface area (Å²) in [5.74, 6) is 0.209. The van der Waals surface area contributed by atoms with E-state index in [1.54, 1.807) is 0 Å². The third-order valence-electron chi connectivity index (χ3n) is 15.5. The Hall–Kier alpha value is -2.64. The van der Waals surface area contributed by atoms with Crippen molar-refractivity contribution in [3.63, 3.8) is 0 Å². The molecule has 0 amide bonds. The van der Waals surface area contributed by atoms with Gasteiger partial charge in [0.2, 0.25) is 10.6 Å². The predicted octanol–water partition coefficient (Wildman–Crippen LogP) is 1.67. The zero-order valence-electron chi connectivity index (χ0n) is 40.7. The van der Waals surface area contributed by atoms with Crippen LogP contribution in [0, 0.1) is 16.7 Å². The van der Waals surface area contributed by atoms with Gasteiger partial charge < -0.3 is 74.2 Å². The lowest BCUT2D eigenvalue weighted by molar-refractivity contribution is -0.0973. The van der Waals surface area contributed by atoms with Crippen molar-refractivity contribution in [2.75, 3.05) is 34.8 Å². The highest BCUT2D eigenvalue weighted by Gasteiger charge is 2.60. The van der Waals surface area contributed by atoms with Gasteiger partial charge in [-0.3, -0.25) is 27.0 Å². The Labute approximate surface area is 443 Å². The first-order valence-electron chi connectivity index (χ1n) is 24.3. The number of nitrogens with one attached hydrogen (secondary N) is 1. The smallest absolute Gasteiger partial charge is 0.343 e. The van der Waals surface area contributed by atoms with Crippen molar-refractivity contribution in [1.29, 1.82) is 0 Å². The molecule has 422 valence electrons. The number of imidazole rings is 2. The Kier molecular flexibility index (Phi) is 15.0. The molecule has 11 N–H and O–H groups in total. The lowest BCUT2D eigenvalue weighted by atomic mass is 9.43. The standard InChI is InChI=1S/C23H33ClN5O9PS.C18H26ClN5O10P2/c1-21-3-12-4-22(2,7-21)9-23(5-12,8-21)28-17-14-18(27-20(24)26-17)29(10-25-14)19-16(31)15(30)13(38-19)6-37-40(35,36)11-39(32,33)34;19-18-21-15-12(16(22-18)24-8-1-2-9(24)4-10(25)3-8)20-6-23(15)17-14(27)13(26)11(34-17)5-33-36(31,32)7-35(28,29)30/h10,12-13,15-16,19,30-31H,3-9,11H2,1-2H3,(H,26,27,28)(H2,32,33,34);6,8-11,13-14,17,25-27H,1-5,7H2,(H,31,32)(H2,28,29,30)/t12?,13-,15?,16+,19-,21-,22+,23?;8?,9?,10?,11-,13?,14+,17-/m11/s1. The number of anilines is 2. The summed E-state index contributed by atoms with van der Waals surface area (Å²) in [6.07, 6.45) is 0.766. The fourth-order valence-electron chi connectivity index (χ4n) is 13.8. The molecule has 15 atom stereocenters. The lowest BCUT2D eigenvalue weighted by Gasteiger charge is -2.65. The van der Waals surface area contributed by atoms with Crippen LogP contribution in [0.1, 0.15) is 90.5 Å². The average molecular weight is 1190 g/mol. The largest absolute Gasteiger partial charge is 0.393 e. The molecule has 29 nitrogen and oxygen atoms in total. The Morgan fingerprint density at radius 1 is 0.724 bits per heavy atom. The molecule has 12 rings (SSSR count). The number of aliphatic hydroxyl groups is 5. The Morgan fingerprint density at radius 2 is 1.25 bits per heavy atom. The van der Waals surface area contributed by atoms with Crippen molar-refractivity contribution in [1.82, 2.24) is 39.0 Å². The minimum absolute atomic E-state index is 0.0460. The van der Waals surface area contributed by atoms with Crippen LogP contribution in [0.15, 0.2) is 12.7 Å². The van der Waals surface area contributed by atoms with E-state index in [1.807, 2.05) is 0 Å². The van der Waals surface area contributed by atoms with Gasteiger partial charge >= 0.3 is 22.8 Å². The average Bonchev–Trinajstić information content (AvgIpc) is 4.15. The number of rotatable bonds is 15. The highest BCUT2D eigenvalue weighted by Crippen LogP contribution is 2.67. The topological polar surface area (TPSA) is 427 Å². The summed E-state index contributed by atoms with van der Waals surface area (Å²) in [4.78, 5) is 73.8. The number of halogens is 2. The second-order valence-corrected chi connectivity index (χ2v) is 30.6. The van der Waals surface area contributed by atoms with E-state index in [9.17, 15) is 52.5 Å². The normalized spacial score (nSPS) is 37.0. The summed E-state index contributed by atoms with van der Waals surface area (Å²) in [6, 6.07) is 0.133. The van der Waals surface area contributed by atoms with Gasteiger partial charge in [-0.05, 0) is 104 Å². The number of aromatic nitrogens is 8. The van der Waals surface area contributed by atoms with E-state index >= 15 is 0 Å². The lowest BCUT2D eigenvalue weighted by Crippen LogP contribution is -2.61. The molecule has 35 heteroatoms. The molecule has 8 aliphatic rings. The Bertz CT molecular complexity index is 3120. The van der Waals surface area contributed by atoms with Crippen molar-refractivity contribution < 1.29 is 90.3 Å². The summed E-state index contributed by atoms with van der Waals surface area (Å²) < 4.78 is 81.3. The van der Waals surface area contributed by atoms with Gasteiger partial charge in [0.15, 0.2) is 57.8 Å². The fraction of sp³-hybridized carbons (Fsp3) is 0.756. The molecule has 76 heavy (non-hydrogen) atoms. The molecule has 0 aromatic carbocycles. The second kappa shape index (κ2) is 20.1. The van der Waals surface area contributed by atoms with Crippen molar-refractivity contribution in [3.05, 3.63) is 23.2 Å². The van der Waals surface area contributed by atoms with Gasteiger partial charge in [-0.1, -0.05) is 13.8 Å². The summed E-state index contributed by atoms with van der Waals surface area (Å²) in [7, 11) is -19.0. The van der Waals surface area contributed by atoms with E-state index in [4.69, 9.17) is 56.8 Å². The van der Waals surface area contributed by atoms with Crippen molar-refractivity contribution >= 4 is 90.1 Å². The number of fused-ring (bicyclic) bond motifs is 4. The first-order valence-corrected chi connectivity index (χ1v) is 32.0. The molecule has 4 saturated heterocycles. The minimum Gasteiger partial charge on any atom is -0.393 e. The fourth-order valence-corrected chi connectivity index (χ4v) is 19.0. The highest BCUT2D eigenvalue weighted by atomic mass is 35.5. The van der Waals surface area contributed by atoms with E-state index in [1.165, 1.54) is 41.1 Å². The summed E-state index contributed by atoms with van der Waals surface area (Å²) in [6.45, 7) is 3.25. The molecule has 4 aromatic rings. The number of hydrogen-bond donors (Lipinski definition) is 11. The van der Waals surface area contributed by atoms with Crippen LogP contribution >= 0.6 is 46.0 Å². The highest BCUT2D eigenvalue weighted by molar-refractivity contribution is 7.93. The van der Waals surface area contributed by atoms with Gasteiger partial charge in [0.05, 0.1) is 32.0 Å². The van der Waals surface area contributed by atoms with E-state index < -0.39 is 107 Å². The molecule has 0 spiro atoms. The van der Waals surface area contributed by atoms with Crippen molar-refractivity contribution in [2.45, 2.75) is 151 Å². The zero-order chi connectivity index (χ0) is 54.9. The SMILES string of the molecule is C[C@]12CC3CC(Nc4nc(Cl)nc5c4ncn5[C@@H]4O[C@H](COS(=O)(=O)CP(=O)(O)O)C(O)[C@@H]4O)(C1)C[C@@](C)(C3)C2.O=P(O)(O)CP(=O)(O)OC[C@H]1O[C@@H](n2cnc3c(N4C5CCC4CC(O)C5)nc(Cl)nc32)[C@@H](O)C1O. The van der Waals surface area contributed by atoms with Crippen LogP contribution in [-0.4, -0.2) is 182 Å². The van der Waals surface area contributed by atoms with Gasteiger partial charge in [-0.2, -0.15) is 28.4 Å². The van der Waals surface area contributed by atoms with Gasteiger partial charge in [0.1, 0.15) is 36.6 Å². The van der Waals surface area contributed by atoms with Gasteiger partial charge in [-0.25, -0.2) is 9.97 Å². The molecule has 6 bridgehead atoms. The maximum Gasteiger partial charge on any atom is 0.343 e. The predicted molar refractivity (Wildman–Crippen MR) is 265 cm³/mol. The van der Waals surface area contributed by atoms with E-state index in [-0.39, 0.29) is 56.4 Å². The van der Waals surface area contributed by atoms with E-state index in [2.05, 4.69) is 58.2 Å². The molecule has 4 aliphatic heterocycles. The van der Waals surface area contributed by atoms with Crippen molar-refractivity contribution in [2.24, 2.45) is 16.7 Å². The van der Waals surface area contributed by atoms with Crippen LogP contribution in [-0.2, 0) is 42.0 Å². The van der Waals surface area contributed by atoms with Crippen LogP contribution in [0.5, 0.6) is 0 Å². The first-order chi connectivity index (χ1) is 35.3. The molecule has 4 aromatic heterocycles. The summed E-state index contributed by atoms with van der Waals surface area (Å²) in [5, 5.41) is 56.1. The Balaban J connectivity index is 0.000000174. The quantitative estimate of drug-likeness (QED) is 0.0458. The maximum atomic E-state index is 11.9. The maximum absolute atomic E-state index is 11.9. The zero-order valence-corrected chi connectivity index (χ0v) is 45.7. The Morgan fingerprint density at radius 3 is 1.79 bits per heavy atom. The van der Waals surface area contributed by atoms with Gasteiger partial charge in [0, 0.05) is 17.6 Å². The van der Waals surface area contributed by atoms with Crippen LogP contribution < -0.4 is 10.2 Å². The molecule has 4 aliphatic carbocycles. The van der Waals surface area contributed by atoms with Gasteiger partial charge in [-0.15, -0.1) is 0 Å². The summed E-state index contributed by atoms with van der Waals surface area (Å²) >= 11 is 12.6. The number of piperidine rings is 1. The third-order valence-corrected chi connectivity index (χ3v) is 22.4. The second-order valence-electron chi connectivity index (χ2n) is 22.2. The third kappa shape index (κ3) is 11.6. The number of hydrogen-bond acceptors (Lipinski definition) is 22. The molecule has 4 saturated carbocycles. The van der Waals surface area contributed by atoms with E-state index in [0.717, 1.165) is 32.1 Å². The first kappa shape index (κ1) is 56.6. The van der Waals surface area contributed by atoms with Crippen LogP contribution in [0.2, 0.25) is 10.6 Å². The minimum atomic E-state index is -4.90. The number of ether oxygens (including phenoxy) is 2. The van der Waals surface area contributed by atoms with Crippen LogP contribution in [0.3, 0.4) is 0 Å². The molecule has 7 unspecified atom stereocenters. The molecular weight excluding hydrogens is 1130 g/mol. The molecule has 8 heterocycles. The number of aliphatic hydroxyl groups excluding tert-OH is 5. The van der Waals surface area contributed by atoms with Gasteiger partial charge in [0.25, 0.3) is 10.1 Å². The molecule has 0 radical (unpaired) electrons. The number of nitrogens with zero attached hydrogens (tertiary/aromatic N) is 9.